The van der Waals surface area contributed by atoms with Crippen LogP contribution in [0.2, 0.25) is 5.02 Å². The highest BCUT2D eigenvalue weighted by Crippen LogP contribution is 2.31. The Morgan fingerprint density at radius 1 is 1.44 bits per heavy atom. The third kappa shape index (κ3) is 2.00. The van der Waals surface area contributed by atoms with Crippen molar-refractivity contribution >= 4 is 28.9 Å². The number of hydrogen-bond acceptors (Lipinski definition) is 2. The van der Waals surface area contributed by atoms with Crippen LogP contribution in [0.25, 0.3) is 0 Å². The van der Waals surface area contributed by atoms with E-state index in [9.17, 15) is 4.79 Å². The summed E-state index contributed by atoms with van der Waals surface area (Å²) in [6.45, 7) is 4.15. The largest absolute Gasteiger partial charge is 0.372 e. The lowest BCUT2D eigenvalue weighted by molar-refractivity contribution is -0.118. The average Bonchev–Trinajstić information content (AvgIpc) is 2.27. The smallest absolute Gasteiger partial charge is 0.247 e. The summed E-state index contributed by atoms with van der Waals surface area (Å²) < 4.78 is 0. The van der Waals surface area contributed by atoms with Crippen molar-refractivity contribution < 1.29 is 4.79 Å². The number of rotatable bonds is 2. The van der Waals surface area contributed by atoms with Gasteiger partial charge in [0.1, 0.15) is 6.04 Å². The molecule has 1 aliphatic heterocycles. The van der Waals surface area contributed by atoms with E-state index >= 15 is 0 Å². The van der Waals surface area contributed by atoms with Gasteiger partial charge < -0.3 is 10.6 Å². The minimum Gasteiger partial charge on any atom is -0.372 e. The summed E-state index contributed by atoms with van der Waals surface area (Å²) in [5.41, 5.74) is 1.70. The van der Waals surface area contributed by atoms with E-state index in [1.54, 1.807) is 6.07 Å². The Morgan fingerprint density at radius 2 is 2.19 bits per heavy atom. The van der Waals surface area contributed by atoms with Crippen molar-refractivity contribution in [3.63, 3.8) is 0 Å². The summed E-state index contributed by atoms with van der Waals surface area (Å²) >= 11 is 5.87. The molecule has 1 aromatic rings. The average molecular weight is 239 g/mol. The molecule has 2 rings (SSSR count). The van der Waals surface area contributed by atoms with Crippen LogP contribution in [0.1, 0.15) is 20.3 Å². The zero-order valence-corrected chi connectivity index (χ0v) is 10.1. The fourth-order valence-corrected chi connectivity index (χ4v) is 2.00. The first kappa shape index (κ1) is 11.3. The summed E-state index contributed by atoms with van der Waals surface area (Å²) in [6, 6.07) is 5.32. The van der Waals surface area contributed by atoms with Crippen molar-refractivity contribution in [2.24, 2.45) is 5.92 Å². The zero-order chi connectivity index (χ0) is 11.7. The second-order valence-corrected chi connectivity index (χ2v) is 4.62. The predicted molar refractivity (Wildman–Crippen MR) is 66.9 cm³/mol. The van der Waals surface area contributed by atoms with Crippen LogP contribution in [0.3, 0.4) is 0 Å². The Morgan fingerprint density at radius 3 is 2.88 bits per heavy atom. The first-order valence-corrected chi connectivity index (χ1v) is 5.86. The van der Waals surface area contributed by atoms with Crippen LogP contribution in [-0.4, -0.2) is 11.9 Å². The van der Waals surface area contributed by atoms with E-state index in [-0.39, 0.29) is 11.9 Å². The zero-order valence-electron chi connectivity index (χ0n) is 9.38. The van der Waals surface area contributed by atoms with E-state index < -0.39 is 0 Å². The van der Waals surface area contributed by atoms with Gasteiger partial charge in [-0.1, -0.05) is 31.9 Å². The van der Waals surface area contributed by atoms with Crippen LogP contribution in [0.4, 0.5) is 11.4 Å². The van der Waals surface area contributed by atoms with E-state index in [2.05, 4.69) is 24.5 Å². The van der Waals surface area contributed by atoms with Gasteiger partial charge in [0.25, 0.3) is 0 Å². The van der Waals surface area contributed by atoms with Gasteiger partial charge in [-0.2, -0.15) is 0 Å². The highest BCUT2D eigenvalue weighted by atomic mass is 35.5. The minimum absolute atomic E-state index is 0.0177. The van der Waals surface area contributed by atoms with Crippen LogP contribution in [0.15, 0.2) is 18.2 Å². The number of amides is 1. The van der Waals surface area contributed by atoms with E-state index in [0.29, 0.717) is 10.9 Å². The van der Waals surface area contributed by atoms with Crippen LogP contribution >= 0.6 is 11.6 Å². The molecule has 0 spiro atoms. The molecule has 16 heavy (non-hydrogen) atoms. The van der Waals surface area contributed by atoms with Gasteiger partial charge in [-0.15, -0.1) is 0 Å². The maximum absolute atomic E-state index is 11.9. The van der Waals surface area contributed by atoms with E-state index in [0.717, 1.165) is 17.8 Å². The number of fused-ring (bicyclic) bond motifs is 1. The predicted octanol–water partition coefficient (Wildman–Crippen LogP) is 3.12. The summed E-state index contributed by atoms with van der Waals surface area (Å²) in [7, 11) is 0. The van der Waals surface area contributed by atoms with Crippen molar-refractivity contribution in [3.05, 3.63) is 23.2 Å². The summed E-state index contributed by atoms with van der Waals surface area (Å²) in [6.07, 6.45) is 0.966. The molecule has 1 heterocycles. The van der Waals surface area contributed by atoms with Crippen LogP contribution < -0.4 is 10.6 Å². The number of benzene rings is 1. The second kappa shape index (κ2) is 4.34. The normalized spacial score (nSPS) is 20.7. The van der Waals surface area contributed by atoms with Crippen molar-refractivity contribution in [1.82, 2.24) is 0 Å². The fraction of sp³-hybridized carbons (Fsp3) is 0.417. The van der Waals surface area contributed by atoms with Crippen LogP contribution in [-0.2, 0) is 4.79 Å². The lowest BCUT2D eigenvalue weighted by atomic mass is 9.96. The van der Waals surface area contributed by atoms with E-state index in [1.165, 1.54) is 0 Å². The van der Waals surface area contributed by atoms with Gasteiger partial charge in [0.05, 0.1) is 11.4 Å². The Kier molecular flexibility index (Phi) is 3.06. The Labute approximate surface area is 100 Å². The first-order chi connectivity index (χ1) is 7.61. The van der Waals surface area contributed by atoms with Gasteiger partial charge in [0, 0.05) is 5.02 Å². The molecule has 2 unspecified atom stereocenters. The number of carbonyl (C=O) groups is 1. The topological polar surface area (TPSA) is 41.1 Å². The molecule has 0 saturated heterocycles. The van der Waals surface area contributed by atoms with Gasteiger partial charge in [0.15, 0.2) is 0 Å². The molecule has 2 atom stereocenters. The lowest BCUT2D eigenvalue weighted by Crippen LogP contribution is -2.43. The SMILES string of the molecule is CCC(C)C1Nc2ccc(Cl)cc2NC1=O. The molecular weight excluding hydrogens is 224 g/mol. The first-order valence-electron chi connectivity index (χ1n) is 5.48. The third-order valence-electron chi connectivity index (χ3n) is 3.05. The molecule has 0 aliphatic carbocycles. The van der Waals surface area contributed by atoms with Gasteiger partial charge in [-0.3, -0.25) is 4.79 Å². The Bertz CT molecular complexity index is 419. The number of hydrogen-bond donors (Lipinski definition) is 2. The van der Waals surface area contributed by atoms with Crippen molar-refractivity contribution in [2.45, 2.75) is 26.3 Å². The molecule has 0 radical (unpaired) electrons. The maximum Gasteiger partial charge on any atom is 0.247 e. The quantitative estimate of drug-likeness (QED) is 0.831. The number of nitrogens with one attached hydrogen (secondary N) is 2. The van der Waals surface area contributed by atoms with E-state index in [4.69, 9.17) is 11.6 Å². The molecule has 4 heteroatoms. The molecule has 0 aromatic heterocycles. The van der Waals surface area contributed by atoms with Gasteiger partial charge in [-0.05, 0) is 24.1 Å². The minimum atomic E-state index is -0.154. The summed E-state index contributed by atoms with van der Waals surface area (Å²) in [4.78, 5) is 11.9. The molecular formula is C12H15ClN2O. The third-order valence-corrected chi connectivity index (χ3v) is 3.28. The Hall–Kier alpha value is -1.22. The molecule has 86 valence electrons. The molecule has 0 saturated carbocycles. The number of anilines is 2. The standard InChI is InChI=1S/C12H15ClN2O/c1-3-7(2)11-12(16)15-10-6-8(13)4-5-9(10)14-11/h4-7,11,14H,3H2,1-2H3,(H,15,16). The van der Waals surface area contributed by atoms with Crippen LogP contribution in [0, 0.1) is 5.92 Å². The van der Waals surface area contributed by atoms with Gasteiger partial charge in [-0.25, -0.2) is 0 Å². The summed E-state index contributed by atoms with van der Waals surface area (Å²) in [5, 5.41) is 6.76. The van der Waals surface area contributed by atoms with Crippen LogP contribution in [0.5, 0.6) is 0 Å². The fourth-order valence-electron chi connectivity index (χ4n) is 1.83. The number of halogens is 1. The Balaban J connectivity index is 2.28. The molecule has 1 aromatic carbocycles. The molecule has 0 fully saturated rings. The maximum atomic E-state index is 11.9. The van der Waals surface area contributed by atoms with E-state index in [1.807, 2.05) is 12.1 Å². The molecule has 3 nitrogen and oxygen atoms in total. The van der Waals surface area contributed by atoms with Crippen molar-refractivity contribution in [2.75, 3.05) is 10.6 Å². The molecule has 0 bridgehead atoms. The molecule has 2 N–H and O–H groups in total. The highest BCUT2D eigenvalue weighted by molar-refractivity contribution is 6.31. The molecule has 1 amide bonds. The van der Waals surface area contributed by atoms with Crippen molar-refractivity contribution in [3.8, 4) is 0 Å². The van der Waals surface area contributed by atoms with Crippen molar-refractivity contribution in [1.29, 1.82) is 0 Å². The highest BCUT2D eigenvalue weighted by Gasteiger charge is 2.28. The monoisotopic (exact) mass is 238 g/mol. The second-order valence-electron chi connectivity index (χ2n) is 4.19. The summed E-state index contributed by atoms with van der Waals surface area (Å²) in [5.74, 6) is 0.327. The van der Waals surface area contributed by atoms with Gasteiger partial charge >= 0.3 is 0 Å². The molecule has 1 aliphatic rings. The lowest BCUT2D eigenvalue weighted by Gasteiger charge is -2.30. The van der Waals surface area contributed by atoms with Gasteiger partial charge in [0.2, 0.25) is 5.91 Å². The number of carbonyl (C=O) groups excluding carboxylic acids is 1.